The summed E-state index contributed by atoms with van der Waals surface area (Å²) in [5.74, 6) is 0.106. The number of anilines is 2. The Kier molecular flexibility index (Phi) is 5.09. The Bertz CT molecular complexity index is 1100. The zero-order valence-electron chi connectivity index (χ0n) is 15.2. The van der Waals surface area contributed by atoms with Crippen LogP contribution in [0.2, 0.25) is 0 Å². The summed E-state index contributed by atoms with van der Waals surface area (Å²) in [6.07, 6.45) is 3.12. The fourth-order valence-corrected chi connectivity index (χ4v) is 5.18. The monoisotopic (exact) mass is 413 g/mol. The molecule has 8 heteroatoms. The number of fused-ring (bicyclic) bond motifs is 2. The summed E-state index contributed by atoms with van der Waals surface area (Å²) < 4.78 is 33.8. The van der Waals surface area contributed by atoms with E-state index in [4.69, 9.17) is 0 Å². The van der Waals surface area contributed by atoms with E-state index < -0.39 is 15.4 Å². The van der Waals surface area contributed by atoms with E-state index in [1.807, 2.05) is 25.1 Å². The van der Waals surface area contributed by atoms with Gasteiger partial charge in [0, 0.05) is 28.7 Å². The lowest BCUT2D eigenvalue weighted by Crippen LogP contribution is -2.26. The largest absolute Gasteiger partial charge is 0.340 e. The Morgan fingerprint density at radius 3 is 2.50 bits per heavy atom. The second-order valence-corrected chi connectivity index (χ2v) is 9.27. The van der Waals surface area contributed by atoms with Crippen molar-refractivity contribution in [1.82, 2.24) is 9.97 Å². The number of aromatic nitrogens is 2. The first kappa shape index (κ1) is 18.9. The maximum absolute atomic E-state index is 12.0. The van der Waals surface area contributed by atoms with E-state index in [-0.39, 0.29) is 12.2 Å². The minimum absolute atomic E-state index is 0.106. The molecule has 6 nitrogen and oxygen atoms in total. The average Bonchev–Trinajstić information content (AvgIpc) is 2.67. The maximum Gasteiger partial charge on any atom is 0.275 e. The van der Waals surface area contributed by atoms with E-state index >= 15 is 0 Å². The van der Waals surface area contributed by atoms with Crippen LogP contribution in [0.1, 0.15) is 23.1 Å². The van der Waals surface area contributed by atoms with Crippen LogP contribution in [0.25, 0.3) is 0 Å². The molecule has 0 saturated carbocycles. The molecule has 1 aromatic heterocycles. The van der Waals surface area contributed by atoms with Gasteiger partial charge in [0.05, 0.1) is 11.4 Å². The van der Waals surface area contributed by atoms with Gasteiger partial charge in [-0.25, -0.2) is 9.97 Å². The Labute approximate surface area is 168 Å². The first-order chi connectivity index (χ1) is 13.4. The fourth-order valence-electron chi connectivity index (χ4n) is 3.31. The summed E-state index contributed by atoms with van der Waals surface area (Å²) >= 11 is 1.70. The van der Waals surface area contributed by atoms with E-state index in [0.717, 1.165) is 26.7 Å². The van der Waals surface area contributed by atoms with Crippen molar-refractivity contribution < 1.29 is 13.0 Å². The molecule has 0 saturated heterocycles. The van der Waals surface area contributed by atoms with Crippen LogP contribution >= 0.6 is 11.8 Å². The summed E-state index contributed by atoms with van der Waals surface area (Å²) in [6, 6.07) is 15.9. The van der Waals surface area contributed by atoms with Crippen LogP contribution in [0.3, 0.4) is 0 Å². The molecule has 0 fully saturated rings. The van der Waals surface area contributed by atoms with Gasteiger partial charge in [0.2, 0.25) is 0 Å². The molecule has 3 aromatic rings. The smallest absolute Gasteiger partial charge is 0.275 e. The number of nitrogens with zero attached hydrogens (tertiary/aromatic N) is 3. The summed E-state index contributed by atoms with van der Waals surface area (Å²) in [7, 11) is -4.34. The molecule has 1 atom stereocenters. The van der Waals surface area contributed by atoms with Crippen molar-refractivity contribution >= 4 is 33.3 Å². The minimum atomic E-state index is -4.34. The molecule has 0 amide bonds. The predicted molar refractivity (Wildman–Crippen MR) is 110 cm³/mol. The molecule has 1 unspecified atom stereocenters. The van der Waals surface area contributed by atoms with Crippen LogP contribution < -0.4 is 4.90 Å². The lowest BCUT2D eigenvalue weighted by molar-refractivity contribution is 0.461. The summed E-state index contributed by atoms with van der Waals surface area (Å²) in [5, 5.41) is -1.18. The van der Waals surface area contributed by atoms with Gasteiger partial charge in [-0.2, -0.15) is 8.42 Å². The highest BCUT2D eigenvalue weighted by atomic mass is 32.2. The standard InChI is InChI=1S/C20H19N3O3S2/c1-14-7-8-18-16(13-14)23(15-5-2-3-6-17(15)27-18)12-9-19(28(24,25)26)20-21-10-4-11-22-20/h2-8,10-11,13,19H,9,12H2,1H3,(H,24,25,26). The van der Waals surface area contributed by atoms with Gasteiger partial charge >= 0.3 is 0 Å². The van der Waals surface area contributed by atoms with Gasteiger partial charge in [-0.15, -0.1) is 0 Å². The molecule has 0 bridgehead atoms. The molecule has 1 aliphatic rings. The predicted octanol–water partition coefficient (Wildman–Crippen LogP) is 4.41. The number of aryl methyl sites for hydroxylation is 1. The van der Waals surface area contributed by atoms with E-state index in [9.17, 15) is 13.0 Å². The first-order valence-corrected chi connectivity index (χ1v) is 11.1. The molecular weight excluding hydrogens is 394 g/mol. The molecule has 1 aliphatic heterocycles. The van der Waals surface area contributed by atoms with Crippen LogP contribution in [0.5, 0.6) is 0 Å². The third-order valence-corrected chi connectivity index (χ3v) is 6.93. The highest BCUT2D eigenvalue weighted by molar-refractivity contribution is 7.99. The van der Waals surface area contributed by atoms with E-state index in [2.05, 4.69) is 39.1 Å². The number of benzene rings is 2. The van der Waals surface area contributed by atoms with Gasteiger partial charge in [-0.3, -0.25) is 4.55 Å². The Morgan fingerprint density at radius 1 is 1.04 bits per heavy atom. The second-order valence-electron chi connectivity index (χ2n) is 6.59. The molecule has 1 N–H and O–H groups in total. The van der Waals surface area contributed by atoms with Crippen LogP contribution in [0.15, 0.2) is 70.7 Å². The fraction of sp³-hybridized carbons (Fsp3) is 0.200. The van der Waals surface area contributed by atoms with Crippen molar-refractivity contribution in [2.24, 2.45) is 0 Å². The third kappa shape index (κ3) is 3.76. The molecule has 0 aliphatic carbocycles. The van der Waals surface area contributed by atoms with Crippen LogP contribution in [-0.2, 0) is 10.1 Å². The van der Waals surface area contributed by atoms with Crippen molar-refractivity contribution in [3.05, 3.63) is 72.3 Å². The maximum atomic E-state index is 12.0. The van der Waals surface area contributed by atoms with Crippen molar-refractivity contribution in [2.45, 2.75) is 28.4 Å². The molecule has 2 heterocycles. The molecule has 4 rings (SSSR count). The van der Waals surface area contributed by atoms with Crippen LogP contribution in [0.4, 0.5) is 11.4 Å². The van der Waals surface area contributed by atoms with E-state index in [0.29, 0.717) is 6.54 Å². The van der Waals surface area contributed by atoms with E-state index in [1.54, 1.807) is 17.8 Å². The topological polar surface area (TPSA) is 83.4 Å². The van der Waals surface area contributed by atoms with Gasteiger partial charge in [-0.1, -0.05) is 30.0 Å². The van der Waals surface area contributed by atoms with E-state index in [1.165, 1.54) is 12.4 Å². The molecule has 0 spiro atoms. The summed E-state index contributed by atoms with van der Waals surface area (Å²) in [4.78, 5) is 12.4. The van der Waals surface area contributed by atoms with Crippen LogP contribution in [-0.4, -0.2) is 29.5 Å². The highest BCUT2D eigenvalue weighted by Crippen LogP contribution is 2.48. The van der Waals surface area contributed by atoms with Gasteiger partial charge in [0.1, 0.15) is 11.1 Å². The average molecular weight is 414 g/mol. The summed E-state index contributed by atoms with van der Waals surface area (Å²) in [6.45, 7) is 2.43. The number of hydrogen-bond acceptors (Lipinski definition) is 6. The highest BCUT2D eigenvalue weighted by Gasteiger charge is 2.30. The van der Waals surface area contributed by atoms with Crippen molar-refractivity contribution in [1.29, 1.82) is 0 Å². The molecular formula is C20H19N3O3S2. The van der Waals surface area contributed by atoms with Crippen molar-refractivity contribution in [3.63, 3.8) is 0 Å². The van der Waals surface area contributed by atoms with Gasteiger partial charge in [0.15, 0.2) is 0 Å². The lowest BCUT2D eigenvalue weighted by atomic mass is 10.1. The van der Waals surface area contributed by atoms with Crippen molar-refractivity contribution in [3.8, 4) is 0 Å². The van der Waals surface area contributed by atoms with Gasteiger partial charge in [-0.05, 0) is 49.2 Å². The Hall–Kier alpha value is -2.42. The molecule has 28 heavy (non-hydrogen) atoms. The van der Waals surface area contributed by atoms with Gasteiger partial charge < -0.3 is 4.90 Å². The summed E-state index contributed by atoms with van der Waals surface area (Å²) in [5.41, 5.74) is 3.18. The zero-order valence-corrected chi connectivity index (χ0v) is 16.8. The Balaban J connectivity index is 1.70. The number of rotatable bonds is 5. The molecule has 0 radical (unpaired) electrons. The number of hydrogen-bond donors (Lipinski definition) is 1. The Morgan fingerprint density at radius 2 is 1.75 bits per heavy atom. The SMILES string of the molecule is Cc1ccc2c(c1)N(CCC(c1ncccn1)S(=O)(=O)O)c1ccccc1S2. The van der Waals surface area contributed by atoms with Crippen molar-refractivity contribution in [2.75, 3.05) is 11.4 Å². The number of para-hydroxylation sites is 1. The van der Waals surface area contributed by atoms with Crippen LogP contribution in [0, 0.1) is 6.92 Å². The van der Waals surface area contributed by atoms with Gasteiger partial charge in [0.25, 0.3) is 10.1 Å². The normalized spacial score (nSPS) is 14.3. The lowest BCUT2D eigenvalue weighted by Gasteiger charge is -2.33. The molecule has 2 aromatic carbocycles. The zero-order chi connectivity index (χ0) is 19.7. The minimum Gasteiger partial charge on any atom is -0.340 e. The molecule has 144 valence electrons. The first-order valence-electron chi connectivity index (χ1n) is 8.82. The quantitative estimate of drug-likeness (QED) is 0.620. The second kappa shape index (κ2) is 7.54. The third-order valence-electron chi connectivity index (χ3n) is 4.63.